The van der Waals surface area contributed by atoms with Gasteiger partial charge in [-0.15, -0.1) is 0 Å². The van der Waals surface area contributed by atoms with Crippen LogP contribution in [0.2, 0.25) is 0 Å². The fraction of sp³-hybridized carbons (Fsp3) is 0.533. The fourth-order valence-corrected chi connectivity index (χ4v) is 2.43. The van der Waals surface area contributed by atoms with Crippen molar-refractivity contribution < 1.29 is 4.90 Å². The zero-order valence-electron chi connectivity index (χ0n) is 13.7. The summed E-state index contributed by atoms with van der Waals surface area (Å²) >= 11 is 5.31. The number of pyridine rings is 1. The SMILES string of the molecule is CC(C)n1ncc2cc(NC(=S)NCCC[NH+](C)C)cnc21. The molecular weight excluding hydrogens is 296 g/mol. The average Bonchev–Trinajstić information content (AvgIpc) is 2.86. The second-order valence-corrected chi connectivity index (χ2v) is 6.42. The van der Waals surface area contributed by atoms with Crippen LogP contribution < -0.4 is 15.5 Å². The quantitative estimate of drug-likeness (QED) is 0.544. The summed E-state index contributed by atoms with van der Waals surface area (Å²) in [5.41, 5.74) is 1.78. The average molecular weight is 321 g/mol. The van der Waals surface area contributed by atoms with Crippen LogP contribution in [0.15, 0.2) is 18.5 Å². The van der Waals surface area contributed by atoms with Gasteiger partial charge in [-0.1, -0.05) is 0 Å². The van der Waals surface area contributed by atoms with E-state index < -0.39 is 0 Å². The van der Waals surface area contributed by atoms with E-state index in [0.717, 1.165) is 36.2 Å². The first-order valence-corrected chi connectivity index (χ1v) is 8.05. The Labute approximate surface area is 136 Å². The van der Waals surface area contributed by atoms with Crippen LogP contribution in [0.5, 0.6) is 0 Å². The van der Waals surface area contributed by atoms with Gasteiger partial charge in [-0.25, -0.2) is 9.67 Å². The molecule has 0 unspecified atom stereocenters. The van der Waals surface area contributed by atoms with E-state index in [2.05, 4.69) is 48.7 Å². The Hall–Kier alpha value is -1.73. The van der Waals surface area contributed by atoms with Crippen LogP contribution in [0.4, 0.5) is 5.69 Å². The third-order valence-electron chi connectivity index (χ3n) is 3.32. The Kier molecular flexibility index (Phi) is 5.68. The number of hydrogen-bond donors (Lipinski definition) is 3. The van der Waals surface area contributed by atoms with Crippen molar-refractivity contribution in [3.05, 3.63) is 18.5 Å². The van der Waals surface area contributed by atoms with E-state index in [1.54, 1.807) is 6.20 Å². The molecule has 0 aliphatic heterocycles. The molecule has 7 heteroatoms. The van der Waals surface area contributed by atoms with E-state index in [1.807, 2.05) is 16.9 Å². The van der Waals surface area contributed by atoms with Crippen molar-refractivity contribution in [3.63, 3.8) is 0 Å². The number of nitrogens with zero attached hydrogens (tertiary/aromatic N) is 3. The molecule has 0 atom stereocenters. The molecule has 2 heterocycles. The second-order valence-electron chi connectivity index (χ2n) is 6.01. The van der Waals surface area contributed by atoms with Crippen LogP contribution >= 0.6 is 12.2 Å². The minimum atomic E-state index is 0.297. The molecule has 6 nitrogen and oxygen atoms in total. The minimum Gasteiger partial charge on any atom is -0.362 e. The maximum Gasteiger partial charge on any atom is 0.170 e. The zero-order valence-corrected chi connectivity index (χ0v) is 14.5. The molecule has 22 heavy (non-hydrogen) atoms. The van der Waals surface area contributed by atoms with Gasteiger partial charge in [0.1, 0.15) is 0 Å². The van der Waals surface area contributed by atoms with Crippen molar-refractivity contribution in [3.8, 4) is 0 Å². The first-order chi connectivity index (χ1) is 10.5. The number of fused-ring (bicyclic) bond motifs is 1. The van der Waals surface area contributed by atoms with E-state index >= 15 is 0 Å². The molecule has 0 aromatic carbocycles. The molecule has 0 amide bonds. The summed E-state index contributed by atoms with van der Waals surface area (Å²) in [6.45, 7) is 6.18. The van der Waals surface area contributed by atoms with Gasteiger partial charge in [0.2, 0.25) is 0 Å². The van der Waals surface area contributed by atoms with Crippen LogP contribution in [-0.4, -0.2) is 47.1 Å². The van der Waals surface area contributed by atoms with Crippen LogP contribution in [0, 0.1) is 0 Å². The zero-order chi connectivity index (χ0) is 16.1. The van der Waals surface area contributed by atoms with Crippen LogP contribution in [-0.2, 0) is 0 Å². The Morgan fingerprint density at radius 1 is 1.36 bits per heavy atom. The van der Waals surface area contributed by atoms with Gasteiger partial charge in [0.25, 0.3) is 0 Å². The van der Waals surface area contributed by atoms with Crippen LogP contribution in [0.1, 0.15) is 26.3 Å². The Morgan fingerprint density at radius 2 is 2.14 bits per heavy atom. The largest absolute Gasteiger partial charge is 0.362 e. The highest BCUT2D eigenvalue weighted by Crippen LogP contribution is 2.18. The molecule has 2 aromatic rings. The normalized spacial score (nSPS) is 11.4. The molecule has 0 saturated heterocycles. The van der Waals surface area contributed by atoms with Crippen molar-refractivity contribution in [2.45, 2.75) is 26.3 Å². The summed E-state index contributed by atoms with van der Waals surface area (Å²) in [6.07, 6.45) is 4.72. The summed E-state index contributed by atoms with van der Waals surface area (Å²) in [5.74, 6) is 0. The van der Waals surface area contributed by atoms with Gasteiger partial charge < -0.3 is 15.5 Å². The first-order valence-electron chi connectivity index (χ1n) is 7.64. The van der Waals surface area contributed by atoms with Gasteiger partial charge in [0.15, 0.2) is 10.8 Å². The lowest BCUT2D eigenvalue weighted by Gasteiger charge is -2.11. The molecule has 0 bridgehead atoms. The topological polar surface area (TPSA) is 59.2 Å². The lowest BCUT2D eigenvalue weighted by atomic mass is 10.3. The molecule has 120 valence electrons. The van der Waals surface area contributed by atoms with Crippen LogP contribution in [0.25, 0.3) is 11.0 Å². The van der Waals surface area contributed by atoms with Gasteiger partial charge in [-0.2, -0.15) is 5.10 Å². The fourth-order valence-electron chi connectivity index (χ4n) is 2.21. The molecule has 0 spiro atoms. The molecule has 0 radical (unpaired) electrons. The van der Waals surface area contributed by atoms with E-state index in [-0.39, 0.29) is 0 Å². The third-order valence-corrected chi connectivity index (χ3v) is 3.57. The molecule has 0 saturated carbocycles. The maximum absolute atomic E-state index is 5.31. The molecule has 2 aromatic heterocycles. The van der Waals surface area contributed by atoms with Crippen molar-refractivity contribution in [2.75, 3.05) is 32.5 Å². The summed E-state index contributed by atoms with van der Waals surface area (Å²) in [4.78, 5) is 5.92. The van der Waals surface area contributed by atoms with Crippen molar-refractivity contribution in [1.82, 2.24) is 20.1 Å². The van der Waals surface area contributed by atoms with Gasteiger partial charge in [-0.3, -0.25) is 0 Å². The third kappa shape index (κ3) is 4.38. The smallest absolute Gasteiger partial charge is 0.170 e. The highest BCUT2D eigenvalue weighted by molar-refractivity contribution is 7.80. The van der Waals surface area contributed by atoms with Gasteiger partial charge in [-0.05, 0) is 32.1 Å². The first kappa shape index (κ1) is 16.6. The predicted molar refractivity (Wildman–Crippen MR) is 94.4 cm³/mol. The number of thiocarbonyl (C=S) groups is 1. The van der Waals surface area contributed by atoms with Gasteiger partial charge in [0, 0.05) is 24.4 Å². The van der Waals surface area contributed by atoms with E-state index in [0.29, 0.717) is 11.2 Å². The summed E-state index contributed by atoms with van der Waals surface area (Å²) in [5, 5.41) is 12.4. The van der Waals surface area contributed by atoms with Crippen molar-refractivity contribution in [1.29, 1.82) is 0 Å². The summed E-state index contributed by atoms with van der Waals surface area (Å²) < 4.78 is 1.92. The van der Waals surface area contributed by atoms with E-state index in [9.17, 15) is 0 Å². The highest BCUT2D eigenvalue weighted by atomic mass is 32.1. The molecule has 0 fully saturated rings. The number of rotatable bonds is 6. The Balaban J connectivity index is 1.93. The lowest BCUT2D eigenvalue weighted by molar-refractivity contribution is -0.858. The second kappa shape index (κ2) is 7.51. The van der Waals surface area contributed by atoms with Gasteiger partial charge >= 0.3 is 0 Å². The number of hydrogen-bond acceptors (Lipinski definition) is 3. The minimum absolute atomic E-state index is 0.297. The number of nitrogens with one attached hydrogen (secondary N) is 3. The number of anilines is 1. The van der Waals surface area contributed by atoms with Crippen molar-refractivity contribution >= 4 is 34.1 Å². The van der Waals surface area contributed by atoms with E-state index in [1.165, 1.54) is 4.90 Å². The Morgan fingerprint density at radius 3 is 2.82 bits per heavy atom. The van der Waals surface area contributed by atoms with Crippen LogP contribution in [0.3, 0.4) is 0 Å². The summed E-state index contributed by atoms with van der Waals surface area (Å²) in [6, 6.07) is 2.32. The van der Waals surface area contributed by atoms with Gasteiger partial charge in [0.05, 0.1) is 38.7 Å². The monoisotopic (exact) mass is 321 g/mol. The number of quaternary nitrogens is 1. The molecule has 0 aliphatic carbocycles. The molecule has 0 aliphatic rings. The molecule has 2 rings (SSSR count). The van der Waals surface area contributed by atoms with E-state index in [4.69, 9.17) is 12.2 Å². The summed E-state index contributed by atoms with van der Waals surface area (Å²) in [7, 11) is 4.30. The Bertz CT molecular complexity index is 634. The molecular formula is C15H25N6S+. The maximum atomic E-state index is 5.31. The standard InChI is InChI=1S/C15H24N6S/c1-11(2)21-14-12(9-18-21)8-13(10-17-14)19-15(22)16-6-5-7-20(3)4/h8-11H,5-7H2,1-4H3,(H2,16,19,22)/p+1. The predicted octanol–water partition coefficient (Wildman–Crippen LogP) is 0.833. The van der Waals surface area contributed by atoms with Crippen molar-refractivity contribution in [2.24, 2.45) is 0 Å². The highest BCUT2D eigenvalue weighted by Gasteiger charge is 2.08. The number of aromatic nitrogens is 3. The molecule has 3 N–H and O–H groups in total. The lowest BCUT2D eigenvalue weighted by Crippen LogP contribution is -3.05.